The summed E-state index contributed by atoms with van der Waals surface area (Å²) in [5.74, 6) is 0. The monoisotopic (exact) mass is 238 g/mol. The SMILES string of the molecule is CNC1CCN(C2CCC(C)(C)CC2)C(C)C1. The van der Waals surface area contributed by atoms with Crippen LogP contribution < -0.4 is 5.32 Å². The van der Waals surface area contributed by atoms with Crippen LogP contribution in [-0.4, -0.2) is 36.6 Å². The molecule has 2 fully saturated rings. The summed E-state index contributed by atoms with van der Waals surface area (Å²) in [5.41, 5.74) is 0.600. The van der Waals surface area contributed by atoms with E-state index in [9.17, 15) is 0 Å². The zero-order chi connectivity index (χ0) is 12.5. The summed E-state index contributed by atoms with van der Waals surface area (Å²) >= 11 is 0. The van der Waals surface area contributed by atoms with Gasteiger partial charge in [-0.1, -0.05) is 13.8 Å². The van der Waals surface area contributed by atoms with Crippen LogP contribution in [0.1, 0.15) is 59.3 Å². The Balaban J connectivity index is 1.87. The van der Waals surface area contributed by atoms with E-state index in [-0.39, 0.29) is 0 Å². The maximum Gasteiger partial charge on any atom is 0.00985 e. The van der Waals surface area contributed by atoms with E-state index in [1.54, 1.807) is 0 Å². The molecule has 2 atom stereocenters. The second-order valence-electron chi connectivity index (χ2n) is 6.99. The number of likely N-dealkylation sites (tertiary alicyclic amines) is 1. The van der Waals surface area contributed by atoms with Crippen LogP contribution in [0.2, 0.25) is 0 Å². The van der Waals surface area contributed by atoms with Crippen LogP contribution in [0.3, 0.4) is 0 Å². The van der Waals surface area contributed by atoms with E-state index in [1.165, 1.54) is 45.1 Å². The average Bonchev–Trinajstić information content (AvgIpc) is 2.29. The highest BCUT2D eigenvalue weighted by atomic mass is 15.2. The van der Waals surface area contributed by atoms with E-state index in [1.807, 2.05) is 0 Å². The van der Waals surface area contributed by atoms with Crippen LogP contribution in [0.5, 0.6) is 0 Å². The van der Waals surface area contributed by atoms with E-state index >= 15 is 0 Å². The third-order valence-electron chi connectivity index (χ3n) is 5.11. The van der Waals surface area contributed by atoms with Crippen molar-refractivity contribution in [1.82, 2.24) is 10.2 Å². The molecule has 1 aliphatic heterocycles. The Morgan fingerprint density at radius 3 is 2.29 bits per heavy atom. The molecular formula is C15H30N2. The average molecular weight is 238 g/mol. The van der Waals surface area contributed by atoms with Gasteiger partial charge in [0.05, 0.1) is 0 Å². The molecular weight excluding hydrogens is 208 g/mol. The van der Waals surface area contributed by atoms with Crippen LogP contribution in [0.4, 0.5) is 0 Å². The van der Waals surface area contributed by atoms with Gasteiger partial charge in [0.1, 0.15) is 0 Å². The molecule has 2 nitrogen and oxygen atoms in total. The number of nitrogens with one attached hydrogen (secondary N) is 1. The molecule has 2 aliphatic rings. The van der Waals surface area contributed by atoms with Gasteiger partial charge in [0, 0.05) is 24.7 Å². The molecule has 0 aromatic rings. The van der Waals surface area contributed by atoms with Crippen molar-refractivity contribution in [1.29, 1.82) is 0 Å². The largest absolute Gasteiger partial charge is 0.317 e. The summed E-state index contributed by atoms with van der Waals surface area (Å²) in [7, 11) is 2.11. The van der Waals surface area contributed by atoms with Gasteiger partial charge in [0.15, 0.2) is 0 Å². The molecule has 0 spiro atoms. The third-order valence-corrected chi connectivity index (χ3v) is 5.11. The second kappa shape index (κ2) is 5.27. The molecule has 1 saturated carbocycles. The Kier molecular flexibility index (Phi) is 4.14. The van der Waals surface area contributed by atoms with Gasteiger partial charge in [0.25, 0.3) is 0 Å². The molecule has 2 rings (SSSR count). The Labute approximate surface area is 107 Å². The fraction of sp³-hybridized carbons (Fsp3) is 1.00. The van der Waals surface area contributed by atoms with Crippen LogP contribution in [0, 0.1) is 5.41 Å². The molecule has 100 valence electrons. The molecule has 0 bridgehead atoms. The first-order chi connectivity index (χ1) is 8.02. The lowest BCUT2D eigenvalue weighted by Crippen LogP contribution is -2.52. The van der Waals surface area contributed by atoms with Crippen molar-refractivity contribution in [3.05, 3.63) is 0 Å². The summed E-state index contributed by atoms with van der Waals surface area (Å²) in [6, 6.07) is 2.39. The minimum absolute atomic E-state index is 0.600. The second-order valence-corrected chi connectivity index (χ2v) is 6.99. The first-order valence-corrected chi connectivity index (χ1v) is 7.45. The Hall–Kier alpha value is -0.0800. The van der Waals surface area contributed by atoms with Gasteiger partial charge in [0.2, 0.25) is 0 Å². The lowest BCUT2D eigenvalue weighted by molar-refractivity contribution is 0.0461. The van der Waals surface area contributed by atoms with E-state index in [4.69, 9.17) is 0 Å². The molecule has 0 radical (unpaired) electrons. The van der Waals surface area contributed by atoms with Crippen LogP contribution in [0.25, 0.3) is 0 Å². The highest BCUT2D eigenvalue weighted by Crippen LogP contribution is 2.38. The molecule has 1 saturated heterocycles. The molecule has 1 aliphatic carbocycles. The van der Waals surface area contributed by atoms with Gasteiger partial charge in [-0.15, -0.1) is 0 Å². The number of nitrogens with zero attached hydrogens (tertiary/aromatic N) is 1. The lowest BCUT2D eigenvalue weighted by atomic mass is 9.74. The normalized spacial score (nSPS) is 36.0. The highest BCUT2D eigenvalue weighted by molar-refractivity contribution is 4.90. The Morgan fingerprint density at radius 2 is 1.76 bits per heavy atom. The molecule has 17 heavy (non-hydrogen) atoms. The fourth-order valence-corrected chi connectivity index (χ4v) is 3.71. The van der Waals surface area contributed by atoms with Gasteiger partial charge in [-0.2, -0.15) is 0 Å². The van der Waals surface area contributed by atoms with Gasteiger partial charge in [-0.25, -0.2) is 0 Å². The molecule has 2 heteroatoms. The molecule has 1 heterocycles. The van der Waals surface area contributed by atoms with E-state index in [0.29, 0.717) is 5.41 Å². The minimum Gasteiger partial charge on any atom is -0.317 e. The van der Waals surface area contributed by atoms with E-state index in [0.717, 1.165) is 18.1 Å². The van der Waals surface area contributed by atoms with E-state index in [2.05, 4.69) is 38.0 Å². The topological polar surface area (TPSA) is 15.3 Å². The van der Waals surface area contributed by atoms with Crippen molar-refractivity contribution in [2.75, 3.05) is 13.6 Å². The van der Waals surface area contributed by atoms with Crippen molar-refractivity contribution in [3.8, 4) is 0 Å². The predicted molar refractivity (Wildman–Crippen MR) is 74.3 cm³/mol. The molecule has 2 unspecified atom stereocenters. The van der Waals surface area contributed by atoms with Gasteiger partial charge < -0.3 is 5.32 Å². The minimum atomic E-state index is 0.600. The molecule has 0 amide bonds. The first kappa shape index (κ1) is 13.4. The number of hydrogen-bond acceptors (Lipinski definition) is 2. The third kappa shape index (κ3) is 3.23. The first-order valence-electron chi connectivity index (χ1n) is 7.45. The van der Waals surface area contributed by atoms with Crippen molar-refractivity contribution in [2.24, 2.45) is 5.41 Å². The molecule has 0 aromatic carbocycles. The zero-order valence-electron chi connectivity index (χ0n) is 12.1. The predicted octanol–water partition coefficient (Wildman–Crippen LogP) is 3.03. The maximum atomic E-state index is 3.44. The van der Waals surface area contributed by atoms with Crippen LogP contribution >= 0.6 is 0 Å². The highest BCUT2D eigenvalue weighted by Gasteiger charge is 2.34. The summed E-state index contributed by atoms with van der Waals surface area (Å²) < 4.78 is 0. The van der Waals surface area contributed by atoms with Crippen molar-refractivity contribution < 1.29 is 0 Å². The quantitative estimate of drug-likeness (QED) is 0.795. The number of piperidine rings is 1. The van der Waals surface area contributed by atoms with Gasteiger partial charge in [-0.3, -0.25) is 4.90 Å². The lowest BCUT2D eigenvalue weighted by Gasteiger charge is -2.46. The van der Waals surface area contributed by atoms with Crippen LogP contribution in [-0.2, 0) is 0 Å². The fourth-order valence-electron chi connectivity index (χ4n) is 3.71. The Bertz CT molecular complexity index is 239. The number of hydrogen-bond donors (Lipinski definition) is 1. The smallest absolute Gasteiger partial charge is 0.00985 e. The molecule has 0 aromatic heterocycles. The standard InChI is InChI=1S/C15H30N2/c1-12-11-13(16-4)7-10-17(12)14-5-8-15(2,3)9-6-14/h12-14,16H,5-11H2,1-4H3. The van der Waals surface area contributed by atoms with Crippen molar-refractivity contribution >= 4 is 0 Å². The summed E-state index contributed by atoms with van der Waals surface area (Å²) in [6.07, 6.45) is 8.33. The summed E-state index contributed by atoms with van der Waals surface area (Å²) in [5, 5.41) is 3.44. The van der Waals surface area contributed by atoms with Crippen molar-refractivity contribution in [2.45, 2.75) is 77.4 Å². The van der Waals surface area contributed by atoms with Gasteiger partial charge in [-0.05, 0) is 57.9 Å². The van der Waals surface area contributed by atoms with Crippen LogP contribution in [0.15, 0.2) is 0 Å². The number of rotatable bonds is 2. The molecule has 1 N–H and O–H groups in total. The van der Waals surface area contributed by atoms with Gasteiger partial charge >= 0.3 is 0 Å². The summed E-state index contributed by atoms with van der Waals surface area (Å²) in [4.78, 5) is 2.79. The van der Waals surface area contributed by atoms with Crippen molar-refractivity contribution in [3.63, 3.8) is 0 Å². The maximum absolute atomic E-state index is 3.44. The van der Waals surface area contributed by atoms with E-state index < -0.39 is 0 Å². The summed E-state index contributed by atoms with van der Waals surface area (Å²) in [6.45, 7) is 8.58. The Morgan fingerprint density at radius 1 is 1.12 bits per heavy atom. The zero-order valence-corrected chi connectivity index (χ0v) is 12.1.